The van der Waals surface area contributed by atoms with Crippen LogP contribution in [0.2, 0.25) is 0 Å². The van der Waals surface area contributed by atoms with Crippen molar-refractivity contribution in [2.75, 3.05) is 51.3 Å². The van der Waals surface area contributed by atoms with E-state index in [1.54, 1.807) is 18.2 Å². The van der Waals surface area contributed by atoms with E-state index in [4.69, 9.17) is 9.47 Å². The van der Waals surface area contributed by atoms with Gasteiger partial charge in [-0.25, -0.2) is 4.79 Å². The van der Waals surface area contributed by atoms with E-state index in [9.17, 15) is 14.4 Å². The second kappa shape index (κ2) is 11.4. The molecule has 9 heteroatoms. The van der Waals surface area contributed by atoms with Crippen LogP contribution in [-0.4, -0.2) is 86.2 Å². The molecule has 4 amide bonds. The number of nitrogens with one attached hydrogen (secondary N) is 1. The lowest BCUT2D eigenvalue weighted by Gasteiger charge is -2.37. The van der Waals surface area contributed by atoms with Crippen molar-refractivity contribution in [2.24, 2.45) is 5.92 Å². The standard InChI is InChI=1S/C26H38N4O5/c1-18(2)17-28-11-6-20(7-12-28)35-21-8-13-29(14-9-21)25(32)19-4-5-23(34-3)22(16-19)30-15-10-24(31)27-26(30)33/h4-5,16,18,20-21H,6-15,17H2,1-3H3,(H,27,31,33). The first-order valence-corrected chi connectivity index (χ1v) is 12.8. The summed E-state index contributed by atoms with van der Waals surface area (Å²) < 4.78 is 11.8. The molecule has 1 aromatic rings. The van der Waals surface area contributed by atoms with Crippen molar-refractivity contribution in [1.29, 1.82) is 0 Å². The molecule has 0 radical (unpaired) electrons. The number of rotatable bonds is 7. The van der Waals surface area contributed by atoms with Gasteiger partial charge in [-0.1, -0.05) is 13.8 Å². The highest BCUT2D eigenvalue weighted by Gasteiger charge is 2.30. The summed E-state index contributed by atoms with van der Waals surface area (Å²) in [7, 11) is 1.52. The maximum absolute atomic E-state index is 13.3. The van der Waals surface area contributed by atoms with E-state index in [0.717, 1.165) is 45.3 Å². The lowest BCUT2D eigenvalue weighted by atomic mass is 10.0. The van der Waals surface area contributed by atoms with Crippen LogP contribution in [-0.2, 0) is 9.53 Å². The lowest BCUT2D eigenvalue weighted by molar-refractivity contribution is -0.120. The largest absolute Gasteiger partial charge is 0.495 e. The first kappa shape index (κ1) is 25.4. The quantitative estimate of drug-likeness (QED) is 0.637. The number of urea groups is 1. The molecule has 35 heavy (non-hydrogen) atoms. The summed E-state index contributed by atoms with van der Waals surface area (Å²) >= 11 is 0. The number of imide groups is 1. The van der Waals surface area contributed by atoms with Gasteiger partial charge in [0.2, 0.25) is 5.91 Å². The molecule has 0 unspecified atom stereocenters. The number of piperidine rings is 2. The predicted molar refractivity (Wildman–Crippen MR) is 133 cm³/mol. The summed E-state index contributed by atoms with van der Waals surface area (Å²) in [6.07, 6.45) is 4.54. The maximum Gasteiger partial charge on any atom is 0.328 e. The average molecular weight is 487 g/mol. The Bertz CT molecular complexity index is 920. The smallest absolute Gasteiger partial charge is 0.328 e. The average Bonchev–Trinajstić information content (AvgIpc) is 2.85. The molecule has 3 heterocycles. The topological polar surface area (TPSA) is 91.4 Å². The molecule has 0 aliphatic carbocycles. The number of benzene rings is 1. The van der Waals surface area contributed by atoms with Crippen LogP contribution in [0.5, 0.6) is 5.75 Å². The molecule has 3 aliphatic rings. The first-order valence-electron chi connectivity index (χ1n) is 12.8. The molecule has 0 atom stereocenters. The van der Waals surface area contributed by atoms with Crippen molar-refractivity contribution >= 4 is 23.5 Å². The van der Waals surface area contributed by atoms with Crippen LogP contribution in [0.15, 0.2) is 18.2 Å². The first-order chi connectivity index (χ1) is 16.8. The van der Waals surface area contributed by atoms with Gasteiger partial charge in [0.15, 0.2) is 0 Å². The molecule has 3 saturated heterocycles. The van der Waals surface area contributed by atoms with Gasteiger partial charge in [0.1, 0.15) is 5.75 Å². The SMILES string of the molecule is COc1ccc(C(=O)N2CCC(OC3CCN(CC(C)C)CC3)CC2)cc1N1CCC(=O)NC1=O. The number of carbonyl (C=O) groups excluding carboxylic acids is 3. The van der Waals surface area contributed by atoms with Gasteiger partial charge in [-0.3, -0.25) is 19.8 Å². The normalized spacial score (nSPS) is 20.9. The minimum Gasteiger partial charge on any atom is -0.495 e. The highest BCUT2D eigenvalue weighted by atomic mass is 16.5. The zero-order valence-electron chi connectivity index (χ0n) is 21.1. The van der Waals surface area contributed by atoms with E-state index >= 15 is 0 Å². The van der Waals surface area contributed by atoms with Gasteiger partial charge in [-0.2, -0.15) is 0 Å². The number of methoxy groups -OCH3 is 1. The molecular weight excluding hydrogens is 448 g/mol. The molecule has 192 valence electrons. The summed E-state index contributed by atoms with van der Waals surface area (Å²) in [5.74, 6) is 0.807. The lowest BCUT2D eigenvalue weighted by Crippen LogP contribution is -2.49. The third kappa shape index (κ3) is 6.32. The highest BCUT2D eigenvalue weighted by Crippen LogP contribution is 2.31. The summed E-state index contributed by atoms with van der Waals surface area (Å²) in [6.45, 7) is 9.42. The van der Waals surface area contributed by atoms with Gasteiger partial charge in [-0.15, -0.1) is 0 Å². The summed E-state index contributed by atoms with van der Waals surface area (Å²) in [4.78, 5) is 43.0. The van der Waals surface area contributed by atoms with E-state index in [-0.39, 0.29) is 30.9 Å². The van der Waals surface area contributed by atoms with Crippen LogP contribution in [0.3, 0.4) is 0 Å². The molecule has 0 bridgehead atoms. The van der Waals surface area contributed by atoms with Gasteiger partial charge >= 0.3 is 6.03 Å². The van der Waals surface area contributed by atoms with E-state index in [2.05, 4.69) is 24.1 Å². The van der Waals surface area contributed by atoms with Gasteiger partial charge < -0.3 is 19.3 Å². The Morgan fingerprint density at radius 1 is 1.03 bits per heavy atom. The molecule has 4 rings (SSSR count). The second-order valence-corrected chi connectivity index (χ2v) is 10.2. The number of hydrogen-bond donors (Lipinski definition) is 1. The fourth-order valence-corrected chi connectivity index (χ4v) is 5.22. The van der Waals surface area contributed by atoms with Gasteiger partial charge in [0.25, 0.3) is 5.91 Å². The molecular formula is C26H38N4O5. The molecule has 0 saturated carbocycles. The van der Waals surface area contributed by atoms with Crippen molar-refractivity contribution in [1.82, 2.24) is 15.1 Å². The number of amides is 4. The van der Waals surface area contributed by atoms with Crippen LogP contribution in [0.4, 0.5) is 10.5 Å². The zero-order chi connectivity index (χ0) is 24.9. The summed E-state index contributed by atoms with van der Waals surface area (Å²) in [5.41, 5.74) is 0.993. The summed E-state index contributed by atoms with van der Waals surface area (Å²) in [5, 5.41) is 2.32. The van der Waals surface area contributed by atoms with Crippen molar-refractivity contribution < 1.29 is 23.9 Å². The molecule has 9 nitrogen and oxygen atoms in total. The Balaban J connectivity index is 1.31. The molecule has 0 spiro atoms. The Hall–Kier alpha value is -2.65. The van der Waals surface area contributed by atoms with E-state index in [1.165, 1.54) is 12.0 Å². The second-order valence-electron chi connectivity index (χ2n) is 10.2. The Kier molecular flexibility index (Phi) is 8.28. The Labute approximate surface area is 207 Å². The molecule has 3 fully saturated rings. The Morgan fingerprint density at radius 2 is 1.69 bits per heavy atom. The van der Waals surface area contributed by atoms with E-state index < -0.39 is 6.03 Å². The monoisotopic (exact) mass is 486 g/mol. The highest BCUT2D eigenvalue weighted by molar-refractivity contribution is 6.07. The number of ether oxygens (including phenoxy) is 2. The van der Waals surface area contributed by atoms with E-state index in [0.29, 0.717) is 42.1 Å². The summed E-state index contributed by atoms with van der Waals surface area (Å²) in [6, 6.07) is 4.61. The molecule has 1 N–H and O–H groups in total. The van der Waals surface area contributed by atoms with Crippen molar-refractivity contribution in [3.05, 3.63) is 23.8 Å². The molecule has 3 aliphatic heterocycles. The van der Waals surface area contributed by atoms with Crippen LogP contribution >= 0.6 is 0 Å². The van der Waals surface area contributed by atoms with Crippen molar-refractivity contribution in [2.45, 2.75) is 58.2 Å². The number of hydrogen-bond acceptors (Lipinski definition) is 6. The van der Waals surface area contributed by atoms with Crippen molar-refractivity contribution in [3.8, 4) is 5.75 Å². The number of carbonyl (C=O) groups is 3. The number of nitrogens with zero attached hydrogens (tertiary/aromatic N) is 3. The third-order valence-corrected chi connectivity index (χ3v) is 7.04. The van der Waals surface area contributed by atoms with Crippen LogP contribution in [0, 0.1) is 5.92 Å². The Morgan fingerprint density at radius 3 is 2.29 bits per heavy atom. The number of anilines is 1. The number of likely N-dealkylation sites (tertiary alicyclic amines) is 2. The minimum absolute atomic E-state index is 0.0668. The van der Waals surface area contributed by atoms with Crippen LogP contribution in [0.25, 0.3) is 0 Å². The van der Waals surface area contributed by atoms with Gasteiger partial charge in [-0.05, 0) is 49.8 Å². The van der Waals surface area contributed by atoms with Gasteiger partial charge in [0.05, 0.1) is 25.0 Å². The fourth-order valence-electron chi connectivity index (χ4n) is 5.22. The van der Waals surface area contributed by atoms with Crippen molar-refractivity contribution in [3.63, 3.8) is 0 Å². The van der Waals surface area contributed by atoms with E-state index in [1.807, 2.05) is 4.90 Å². The van der Waals surface area contributed by atoms with Crippen LogP contribution < -0.4 is 15.0 Å². The molecule has 1 aromatic carbocycles. The zero-order valence-corrected chi connectivity index (χ0v) is 21.1. The van der Waals surface area contributed by atoms with Gasteiger partial charge in [0, 0.05) is 51.3 Å². The minimum atomic E-state index is -0.503. The maximum atomic E-state index is 13.3. The predicted octanol–water partition coefficient (Wildman–Crippen LogP) is 2.88. The van der Waals surface area contributed by atoms with Crippen LogP contribution in [0.1, 0.15) is 56.3 Å². The third-order valence-electron chi connectivity index (χ3n) is 7.04. The fraction of sp³-hybridized carbons (Fsp3) is 0.654. The molecule has 0 aromatic heterocycles.